The molecule has 0 spiro atoms. The molecule has 2 aromatic rings. The lowest BCUT2D eigenvalue weighted by Crippen LogP contribution is -2.66. The highest BCUT2D eigenvalue weighted by Gasteiger charge is 2.50. The summed E-state index contributed by atoms with van der Waals surface area (Å²) >= 11 is 0. The molecule has 272 valence electrons. The van der Waals surface area contributed by atoms with Crippen molar-refractivity contribution in [3.05, 3.63) is 73.3 Å². The van der Waals surface area contributed by atoms with Crippen molar-refractivity contribution < 1.29 is 47.1 Å². The lowest BCUT2D eigenvalue weighted by molar-refractivity contribution is -0.0250. The first-order valence-electron chi connectivity index (χ1n) is 17.1. The van der Waals surface area contributed by atoms with E-state index in [-0.39, 0.29) is 5.04 Å². The van der Waals surface area contributed by atoms with E-state index in [0.717, 1.165) is 0 Å². The van der Waals surface area contributed by atoms with Crippen LogP contribution in [0.15, 0.2) is 73.3 Å². The summed E-state index contributed by atoms with van der Waals surface area (Å²) in [6, 6.07) is 21.3. The average Bonchev–Trinajstić information content (AvgIpc) is 3.09. The van der Waals surface area contributed by atoms with Crippen LogP contribution < -0.4 is 10.4 Å². The molecule has 48 heavy (non-hydrogen) atoms. The minimum absolute atomic E-state index is 0.0529. The number of hydrogen-bond acceptors (Lipinski definition) is 10. The first-order chi connectivity index (χ1) is 23.5. The fraction of sp³-hybridized carbons (Fsp3) is 0.622. The zero-order chi connectivity index (χ0) is 34.4. The van der Waals surface area contributed by atoms with Crippen molar-refractivity contribution in [1.29, 1.82) is 0 Å². The van der Waals surface area contributed by atoms with Gasteiger partial charge in [-0.1, -0.05) is 87.5 Å². The maximum Gasteiger partial charge on any atom is 0.261 e. The summed E-state index contributed by atoms with van der Waals surface area (Å²) < 4.78 is 56.5. The Kier molecular flexibility index (Phi) is 24.4. The van der Waals surface area contributed by atoms with Crippen molar-refractivity contribution in [2.45, 2.75) is 25.8 Å². The Morgan fingerprint density at radius 1 is 0.438 bits per heavy atom. The van der Waals surface area contributed by atoms with E-state index < -0.39 is 8.32 Å². The van der Waals surface area contributed by atoms with Gasteiger partial charge < -0.3 is 47.1 Å². The summed E-state index contributed by atoms with van der Waals surface area (Å²) in [5.41, 5.74) is 0. The molecular formula is C37H60O10Si. The van der Waals surface area contributed by atoms with Gasteiger partial charge in [-0.25, -0.2) is 0 Å². The molecular weight excluding hydrogens is 632 g/mol. The predicted octanol–water partition coefficient (Wildman–Crippen LogP) is 3.90. The van der Waals surface area contributed by atoms with Gasteiger partial charge in [0.05, 0.1) is 126 Å². The Labute approximate surface area is 290 Å². The fourth-order valence-corrected chi connectivity index (χ4v) is 9.49. The summed E-state index contributed by atoms with van der Waals surface area (Å²) in [6.45, 7) is 20.4. The van der Waals surface area contributed by atoms with Gasteiger partial charge in [-0.2, -0.15) is 0 Å². The van der Waals surface area contributed by atoms with E-state index >= 15 is 0 Å². The third kappa shape index (κ3) is 18.1. The normalized spacial score (nSPS) is 12.1. The molecule has 0 fully saturated rings. The van der Waals surface area contributed by atoms with E-state index in [0.29, 0.717) is 126 Å². The van der Waals surface area contributed by atoms with Gasteiger partial charge in [0.2, 0.25) is 0 Å². The molecule has 2 rings (SSSR count). The second kappa shape index (κ2) is 27.8. The maximum atomic E-state index is 6.84. The SMILES string of the molecule is C=CCOCCOCCOCCOCCOCCOCCOCCOCCOCCO[Si](c1ccccc1)(c1ccccc1)C(C)(C)C. The number of benzene rings is 2. The zero-order valence-corrected chi connectivity index (χ0v) is 30.6. The van der Waals surface area contributed by atoms with Crippen molar-refractivity contribution in [3.63, 3.8) is 0 Å². The molecule has 0 aliphatic carbocycles. The Hall–Kier alpha value is -2.00. The van der Waals surface area contributed by atoms with Crippen LogP contribution in [0.5, 0.6) is 0 Å². The number of ether oxygens (including phenoxy) is 9. The van der Waals surface area contributed by atoms with Crippen LogP contribution in [0.1, 0.15) is 20.8 Å². The zero-order valence-electron chi connectivity index (χ0n) is 29.6. The quantitative estimate of drug-likeness (QED) is 0.0639. The van der Waals surface area contributed by atoms with Crippen molar-refractivity contribution in [1.82, 2.24) is 0 Å². The van der Waals surface area contributed by atoms with Crippen LogP contribution in [0.4, 0.5) is 0 Å². The minimum atomic E-state index is -2.53. The van der Waals surface area contributed by atoms with E-state index in [1.807, 2.05) is 0 Å². The highest BCUT2D eigenvalue weighted by molar-refractivity contribution is 6.99. The van der Waals surface area contributed by atoms with Gasteiger partial charge in [-0.3, -0.25) is 0 Å². The van der Waals surface area contributed by atoms with Crippen LogP contribution in [-0.2, 0) is 47.1 Å². The van der Waals surface area contributed by atoms with Gasteiger partial charge in [0.25, 0.3) is 8.32 Å². The van der Waals surface area contributed by atoms with E-state index in [1.165, 1.54) is 10.4 Å². The number of rotatable bonds is 32. The summed E-state index contributed by atoms with van der Waals surface area (Å²) in [4.78, 5) is 0. The van der Waals surface area contributed by atoms with Crippen molar-refractivity contribution in [2.75, 3.05) is 126 Å². The molecule has 0 aliphatic rings. The smallest absolute Gasteiger partial charge is 0.261 e. The van der Waals surface area contributed by atoms with Crippen LogP contribution in [0.2, 0.25) is 5.04 Å². The summed E-state index contributed by atoms with van der Waals surface area (Å²) in [6.07, 6.45) is 1.71. The average molecular weight is 693 g/mol. The van der Waals surface area contributed by atoms with Crippen LogP contribution in [0.25, 0.3) is 0 Å². The molecule has 2 aromatic carbocycles. The van der Waals surface area contributed by atoms with E-state index in [9.17, 15) is 0 Å². The predicted molar refractivity (Wildman–Crippen MR) is 191 cm³/mol. The first kappa shape index (κ1) is 42.2. The first-order valence-corrected chi connectivity index (χ1v) is 19.0. The van der Waals surface area contributed by atoms with Crippen LogP contribution in [-0.4, -0.2) is 134 Å². The molecule has 0 saturated heterocycles. The molecule has 0 radical (unpaired) electrons. The monoisotopic (exact) mass is 692 g/mol. The molecule has 0 heterocycles. The third-order valence-corrected chi connectivity index (χ3v) is 12.2. The summed E-state index contributed by atoms with van der Waals surface area (Å²) in [7, 11) is -2.53. The van der Waals surface area contributed by atoms with Crippen LogP contribution >= 0.6 is 0 Å². The van der Waals surface area contributed by atoms with Gasteiger partial charge in [-0.05, 0) is 15.4 Å². The van der Waals surface area contributed by atoms with Crippen molar-refractivity contribution in [2.24, 2.45) is 0 Å². The molecule has 0 saturated carbocycles. The van der Waals surface area contributed by atoms with Crippen molar-refractivity contribution >= 4 is 18.7 Å². The van der Waals surface area contributed by atoms with Gasteiger partial charge in [0.1, 0.15) is 0 Å². The standard InChI is InChI=1S/C37H60O10Si/c1-5-16-38-17-18-39-19-20-40-21-22-41-23-24-42-25-26-43-27-28-44-29-30-45-31-32-46-33-34-47-48(37(2,3)4,35-12-8-6-9-13-35)36-14-10-7-11-15-36/h5-15H,1,16-34H2,2-4H3. The lowest BCUT2D eigenvalue weighted by atomic mass is 10.2. The Morgan fingerprint density at radius 2 is 0.708 bits per heavy atom. The fourth-order valence-electron chi connectivity index (χ4n) is 4.94. The molecule has 0 atom stereocenters. The molecule has 0 N–H and O–H groups in total. The highest BCUT2D eigenvalue weighted by Crippen LogP contribution is 2.36. The third-order valence-electron chi connectivity index (χ3n) is 7.17. The van der Waals surface area contributed by atoms with Gasteiger partial charge in [0, 0.05) is 0 Å². The molecule has 0 aliphatic heterocycles. The van der Waals surface area contributed by atoms with Crippen LogP contribution in [0.3, 0.4) is 0 Å². The van der Waals surface area contributed by atoms with E-state index in [4.69, 9.17) is 47.1 Å². The molecule has 10 nitrogen and oxygen atoms in total. The topological polar surface area (TPSA) is 92.3 Å². The minimum Gasteiger partial charge on any atom is -0.405 e. The molecule has 0 amide bonds. The van der Waals surface area contributed by atoms with Crippen molar-refractivity contribution in [3.8, 4) is 0 Å². The molecule has 0 bridgehead atoms. The second-order valence-electron chi connectivity index (χ2n) is 11.8. The largest absolute Gasteiger partial charge is 0.405 e. The Balaban J connectivity index is 1.37. The van der Waals surface area contributed by atoms with E-state index in [2.05, 4.69) is 88.0 Å². The van der Waals surface area contributed by atoms with E-state index in [1.54, 1.807) is 6.08 Å². The summed E-state index contributed by atoms with van der Waals surface area (Å²) in [5, 5.41) is 2.48. The Bertz CT molecular complexity index is 967. The molecule has 0 unspecified atom stereocenters. The second-order valence-corrected chi connectivity index (χ2v) is 16.1. The summed E-state index contributed by atoms with van der Waals surface area (Å²) in [5.74, 6) is 0. The highest BCUT2D eigenvalue weighted by atomic mass is 28.4. The Morgan fingerprint density at radius 3 is 0.979 bits per heavy atom. The number of hydrogen-bond donors (Lipinski definition) is 0. The van der Waals surface area contributed by atoms with Crippen LogP contribution in [0, 0.1) is 0 Å². The van der Waals surface area contributed by atoms with Gasteiger partial charge >= 0.3 is 0 Å². The van der Waals surface area contributed by atoms with Gasteiger partial charge in [0.15, 0.2) is 0 Å². The molecule has 11 heteroatoms. The van der Waals surface area contributed by atoms with Gasteiger partial charge in [-0.15, -0.1) is 6.58 Å². The lowest BCUT2D eigenvalue weighted by Gasteiger charge is -2.43. The maximum absolute atomic E-state index is 6.84. The molecule has 0 aromatic heterocycles.